The first-order chi connectivity index (χ1) is 4.00. The molecule has 0 aromatic carbocycles. The first kappa shape index (κ1) is 29.4. The van der Waals surface area contributed by atoms with Crippen LogP contribution in [-0.2, 0) is 10.4 Å². The van der Waals surface area contributed by atoms with E-state index in [1.54, 1.807) is 0 Å². The van der Waals surface area contributed by atoms with E-state index in [1.807, 2.05) is 0 Å². The zero-order valence-electron chi connectivity index (χ0n) is 6.48. The van der Waals surface area contributed by atoms with E-state index in [1.165, 1.54) is 0 Å². The predicted octanol–water partition coefficient (Wildman–Crippen LogP) is -8.08. The van der Waals surface area contributed by atoms with Gasteiger partial charge in [0.1, 0.15) is 9.05 Å². The van der Waals surface area contributed by atoms with Crippen molar-refractivity contribution in [3.05, 3.63) is 0 Å². The summed E-state index contributed by atoms with van der Waals surface area (Å²) in [6, 6.07) is 0. The van der Waals surface area contributed by atoms with Gasteiger partial charge in [-0.25, -0.2) is 0 Å². The van der Waals surface area contributed by atoms with Gasteiger partial charge in [-0.3, -0.25) is 9.11 Å². The third-order valence-corrected chi connectivity index (χ3v) is 0. The Bertz CT molecular complexity index is 155. The molecular weight excluding hydrogens is 267 g/mol. The molecule has 0 amide bonds. The van der Waals surface area contributed by atoms with Crippen molar-refractivity contribution >= 4 is 57.2 Å². The molecule has 0 atom stereocenters. The van der Waals surface area contributed by atoms with Crippen molar-refractivity contribution in [2.24, 2.45) is 0 Å². The fourth-order valence-corrected chi connectivity index (χ4v) is 0. The van der Waals surface area contributed by atoms with Gasteiger partial charge in [-0.2, -0.15) is 8.42 Å². The summed E-state index contributed by atoms with van der Waals surface area (Å²) in [6.07, 6.45) is 0. The van der Waals surface area contributed by atoms with Crippen LogP contribution >= 0.6 is 0 Å². The largest absolute Gasteiger partial charge is 2.00 e. The van der Waals surface area contributed by atoms with Gasteiger partial charge in [-0.1, -0.05) is 0 Å². The SMILES string of the molecule is O=S(=O)(O)O.[Ca+2].[Na+].[O-][Si]([O-])(O)O.[OH-]. The molecule has 0 aliphatic carbocycles. The van der Waals surface area contributed by atoms with Gasteiger partial charge in [0.15, 0.2) is 0 Å². The summed E-state index contributed by atoms with van der Waals surface area (Å²) in [5.74, 6) is 0. The molecule has 0 aliphatic rings. The maximum absolute atomic E-state index is 8.80. The van der Waals surface area contributed by atoms with Crippen LogP contribution in [0, 0.1) is 0 Å². The standard InChI is InChI=1S/Ca.Na.H2O4S.H2O4Si.H2O/c;;2*1-5(2,3)4;/h;;(H2,1,2,3,4);1-2H;1H2/q+2;+1;;-2;/p-1. The predicted molar refractivity (Wildman–Crippen MR) is 32.1 cm³/mol. The van der Waals surface area contributed by atoms with Gasteiger partial charge < -0.3 is 24.7 Å². The van der Waals surface area contributed by atoms with Crippen molar-refractivity contribution in [2.75, 3.05) is 0 Å². The Hall–Kier alpha value is 2.15. The molecule has 0 radical (unpaired) electrons. The molecule has 0 heterocycles. The molecule has 0 aliphatic heterocycles. The molecule has 0 rings (SSSR count). The molecule has 9 nitrogen and oxygen atoms in total. The van der Waals surface area contributed by atoms with E-state index in [2.05, 4.69) is 0 Å². The fraction of sp³-hybridized carbons (Fsp3) is 0. The summed E-state index contributed by atoms with van der Waals surface area (Å²) in [6.45, 7) is 0. The summed E-state index contributed by atoms with van der Waals surface area (Å²) in [5.41, 5.74) is 0. The zero-order valence-corrected chi connectivity index (χ0v) is 12.5. The summed E-state index contributed by atoms with van der Waals surface area (Å²) in [4.78, 5) is 31.8. The minimum atomic E-state index is -5.11. The van der Waals surface area contributed by atoms with Crippen LogP contribution in [0.3, 0.4) is 0 Å². The quantitative estimate of drug-likeness (QED) is 0.245. The first-order valence-electron chi connectivity index (χ1n) is 1.55. The molecule has 72 valence electrons. The topological polar surface area (TPSA) is 191 Å². The molecule has 0 saturated heterocycles. The smallest absolute Gasteiger partial charge is 0.870 e. The van der Waals surface area contributed by atoms with Crippen molar-refractivity contribution in [2.45, 2.75) is 0 Å². The molecular formula is H5CaNaO9SSi. The van der Waals surface area contributed by atoms with Crippen LogP contribution in [0.4, 0.5) is 0 Å². The van der Waals surface area contributed by atoms with E-state index in [-0.39, 0.29) is 72.8 Å². The Labute approximate surface area is 127 Å². The minimum absolute atomic E-state index is 0. The van der Waals surface area contributed by atoms with Crippen molar-refractivity contribution in [3.8, 4) is 0 Å². The van der Waals surface area contributed by atoms with Crippen LogP contribution < -0.4 is 39.1 Å². The second-order valence-electron chi connectivity index (χ2n) is 0.996. The third-order valence-electron chi connectivity index (χ3n) is 0. The van der Waals surface area contributed by atoms with Crippen LogP contribution in [-0.4, -0.2) is 79.4 Å². The van der Waals surface area contributed by atoms with Gasteiger partial charge in [-0.05, 0) is 0 Å². The molecule has 0 unspecified atom stereocenters. The van der Waals surface area contributed by atoms with Crippen LogP contribution in [0.15, 0.2) is 0 Å². The normalized spacial score (nSPS) is 9.08. The average Bonchev–Trinajstić information content (AvgIpc) is 1.12. The van der Waals surface area contributed by atoms with Crippen molar-refractivity contribution in [3.63, 3.8) is 0 Å². The second-order valence-corrected chi connectivity index (χ2v) is 2.99. The zero-order chi connectivity index (χ0) is 9.00. The van der Waals surface area contributed by atoms with E-state index in [9.17, 15) is 0 Å². The Morgan fingerprint density at radius 1 is 1.08 bits per heavy atom. The Kier molecular flexibility index (Phi) is 27.7. The van der Waals surface area contributed by atoms with Gasteiger partial charge in [0.05, 0.1) is 0 Å². The van der Waals surface area contributed by atoms with Gasteiger partial charge in [-0.15, -0.1) is 0 Å². The Morgan fingerprint density at radius 3 is 1.08 bits per heavy atom. The molecule has 5 N–H and O–H groups in total. The van der Waals surface area contributed by atoms with E-state index in [0.717, 1.165) is 0 Å². The number of hydrogen-bond donors (Lipinski definition) is 4. The molecule has 13 heavy (non-hydrogen) atoms. The summed E-state index contributed by atoms with van der Waals surface area (Å²) >= 11 is 0. The Morgan fingerprint density at radius 2 is 1.08 bits per heavy atom. The maximum Gasteiger partial charge on any atom is 2.00 e. The van der Waals surface area contributed by atoms with E-state index in [4.69, 9.17) is 36.7 Å². The van der Waals surface area contributed by atoms with Crippen LogP contribution in [0.25, 0.3) is 0 Å². The first-order valence-corrected chi connectivity index (χ1v) is 4.66. The molecule has 0 fully saturated rings. The van der Waals surface area contributed by atoms with Crippen LogP contribution in [0.1, 0.15) is 0 Å². The summed E-state index contributed by atoms with van der Waals surface area (Å²) in [7, 11) is -9.78. The van der Waals surface area contributed by atoms with E-state index < -0.39 is 19.4 Å². The van der Waals surface area contributed by atoms with Gasteiger partial charge >= 0.3 is 77.7 Å². The summed E-state index contributed by atoms with van der Waals surface area (Å²) in [5, 5.41) is 0. The van der Waals surface area contributed by atoms with Crippen LogP contribution in [0.2, 0.25) is 0 Å². The van der Waals surface area contributed by atoms with Crippen LogP contribution in [0.5, 0.6) is 0 Å². The maximum atomic E-state index is 8.80. The number of rotatable bonds is 0. The third kappa shape index (κ3) is 453. The molecule has 0 aromatic heterocycles. The van der Waals surface area contributed by atoms with Crippen molar-refractivity contribution in [1.29, 1.82) is 0 Å². The van der Waals surface area contributed by atoms with Gasteiger partial charge in [0.25, 0.3) is 0 Å². The monoisotopic (exact) mass is 272 g/mol. The minimum Gasteiger partial charge on any atom is -0.870 e. The average molecular weight is 272 g/mol. The van der Waals surface area contributed by atoms with Gasteiger partial charge in [0, 0.05) is 0 Å². The molecule has 13 heteroatoms. The molecule has 0 spiro atoms. The fourth-order valence-electron chi connectivity index (χ4n) is 0. The number of hydrogen-bond acceptors (Lipinski definition) is 7. The van der Waals surface area contributed by atoms with E-state index in [0.29, 0.717) is 0 Å². The molecule has 0 saturated carbocycles. The van der Waals surface area contributed by atoms with Crippen molar-refractivity contribution < 1.29 is 71.7 Å². The van der Waals surface area contributed by atoms with Gasteiger partial charge in [0.2, 0.25) is 0 Å². The molecule has 0 aromatic rings. The molecule has 0 bridgehead atoms. The second kappa shape index (κ2) is 12.2. The Balaban J connectivity index is -0.0000000267. The summed E-state index contributed by atoms with van der Waals surface area (Å²) < 4.78 is 31.6. The van der Waals surface area contributed by atoms with E-state index >= 15 is 0 Å². The van der Waals surface area contributed by atoms with Crippen molar-refractivity contribution in [1.82, 2.24) is 0 Å².